The van der Waals surface area contributed by atoms with Crippen molar-refractivity contribution in [3.8, 4) is 0 Å². The van der Waals surface area contributed by atoms with Crippen LogP contribution in [0, 0.1) is 0 Å². The Morgan fingerprint density at radius 3 is 2.15 bits per heavy atom. The molecule has 0 saturated carbocycles. The molecule has 1 amide bonds. The summed E-state index contributed by atoms with van der Waals surface area (Å²) in [5, 5.41) is 0. The van der Waals surface area contributed by atoms with Crippen LogP contribution in [0.4, 0.5) is 36.4 Å². The first kappa shape index (κ1) is 20.6. The van der Waals surface area contributed by atoms with Gasteiger partial charge in [-0.1, -0.05) is 0 Å². The molecule has 11 heteroatoms. The Hall–Kier alpha value is -2.72. The number of hydrogen-bond donors (Lipinski definition) is 0. The lowest BCUT2D eigenvalue weighted by atomic mass is 10.1. The third-order valence-electron chi connectivity index (χ3n) is 3.60. The maximum Gasteiger partial charge on any atom is 0.460 e. The number of nitrogens with zero attached hydrogens (tertiary/aromatic N) is 3. The van der Waals surface area contributed by atoms with Crippen molar-refractivity contribution < 1.29 is 35.5 Å². The second-order valence-electron chi connectivity index (χ2n) is 5.34. The summed E-state index contributed by atoms with van der Waals surface area (Å²) in [6.07, 6.45) is -3.12. The molecule has 0 unspecified atom stereocenters. The number of anilines is 1. The number of rotatable bonds is 5. The Labute approximate surface area is 148 Å². The SMILES string of the molecule is CCN(C(=O)c1ccc(C(F)(F)C(F)(F)C(F)(F)F)nc1)c1cccnc1. The van der Waals surface area contributed by atoms with E-state index in [4.69, 9.17) is 0 Å². The maximum atomic E-state index is 13.6. The monoisotopic (exact) mass is 395 g/mol. The van der Waals surface area contributed by atoms with Gasteiger partial charge in [-0.25, -0.2) is 0 Å². The molecule has 0 aliphatic heterocycles. The highest BCUT2D eigenvalue weighted by Gasteiger charge is 2.74. The van der Waals surface area contributed by atoms with Gasteiger partial charge in [-0.15, -0.1) is 0 Å². The second kappa shape index (κ2) is 7.12. The van der Waals surface area contributed by atoms with Crippen LogP contribution in [0.1, 0.15) is 23.0 Å². The molecule has 2 aromatic rings. The van der Waals surface area contributed by atoms with Gasteiger partial charge < -0.3 is 4.90 Å². The van der Waals surface area contributed by atoms with Gasteiger partial charge in [-0.2, -0.15) is 30.7 Å². The third kappa shape index (κ3) is 3.71. The second-order valence-corrected chi connectivity index (χ2v) is 5.34. The Morgan fingerprint density at radius 1 is 1.04 bits per heavy atom. The summed E-state index contributed by atoms with van der Waals surface area (Å²) in [5.41, 5.74) is -1.69. The molecule has 2 aromatic heterocycles. The van der Waals surface area contributed by atoms with Crippen molar-refractivity contribution in [2.75, 3.05) is 11.4 Å². The molecule has 0 aromatic carbocycles. The minimum Gasteiger partial charge on any atom is -0.307 e. The van der Waals surface area contributed by atoms with Crippen LogP contribution in [-0.4, -0.2) is 34.5 Å². The quantitative estimate of drug-likeness (QED) is 0.704. The van der Waals surface area contributed by atoms with Crippen LogP contribution in [0.5, 0.6) is 0 Å². The highest BCUT2D eigenvalue weighted by Crippen LogP contribution is 2.51. The molecule has 0 fully saturated rings. The summed E-state index contributed by atoms with van der Waals surface area (Å²) in [5.74, 6) is -12.6. The van der Waals surface area contributed by atoms with Crippen molar-refractivity contribution >= 4 is 11.6 Å². The van der Waals surface area contributed by atoms with Gasteiger partial charge in [0.15, 0.2) is 0 Å². The fraction of sp³-hybridized carbons (Fsp3) is 0.312. The highest BCUT2D eigenvalue weighted by atomic mass is 19.4. The minimum absolute atomic E-state index is 0.161. The fourth-order valence-electron chi connectivity index (χ4n) is 2.16. The smallest absolute Gasteiger partial charge is 0.307 e. The van der Waals surface area contributed by atoms with E-state index in [1.165, 1.54) is 17.3 Å². The predicted octanol–water partition coefficient (Wildman–Crippen LogP) is 4.43. The molecule has 0 aliphatic rings. The molecule has 27 heavy (non-hydrogen) atoms. The molecule has 4 nitrogen and oxygen atoms in total. The molecule has 2 heterocycles. The van der Waals surface area contributed by atoms with Crippen molar-refractivity contribution in [1.82, 2.24) is 9.97 Å². The Kier molecular flexibility index (Phi) is 5.43. The summed E-state index contributed by atoms with van der Waals surface area (Å²) in [4.78, 5) is 20.4. The summed E-state index contributed by atoms with van der Waals surface area (Å²) in [6, 6.07) is 4.08. The fourth-order valence-corrected chi connectivity index (χ4v) is 2.16. The zero-order chi connectivity index (χ0) is 20.5. The summed E-state index contributed by atoms with van der Waals surface area (Å²) >= 11 is 0. The van der Waals surface area contributed by atoms with E-state index in [9.17, 15) is 35.5 Å². The molecular weight excluding hydrogens is 383 g/mol. The van der Waals surface area contributed by atoms with E-state index in [1.54, 1.807) is 19.1 Å². The Bertz CT molecular complexity index is 792. The molecule has 0 radical (unpaired) electrons. The van der Waals surface area contributed by atoms with E-state index >= 15 is 0 Å². The zero-order valence-corrected chi connectivity index (χ0v) is 13.6. The molecule has 2 rings (SSSR count). The number of aromatic nitrogens is 2. The van der Waals surface area contributed by atoms with Crippen LogP contribution in [-0.2, 0) is 5.92 Å². The molecule has 0 N–H and O–H groups in total. The average Bonchev–Trinajstić information content (AvgIpc) is 2.62. The number of carbonyl (C=O) groups is 1. The molecule has 0 bridgehead atoms. The number of amides is 1. The van der Waals surface area contributed by atoms with Gasteiger partial charge in [0.25, 0.3) is 5.91 Å². The van der Waals surface area contributed by atoms with Crippen molar-refractivity contribution in [3.05, 3.63) is 54.1 Å². The molecule has 0 spiro atoms. The summed E-state index contributed by atoms with van der Waals surface area (Å²) in [7, 11) is 0. The van der Waals surface area contributed by atoms with Crippen molar-refractivity contribution in [1.29, 1.82) is 0 Å². The zero-order valence-electron chi connectivity index (χ0n) is 13.6. The lowest BCUT2D eigenvalue weighted by Crippen LogP contribution is -2.50. The van der Waals surface area contributed by atoms with Gasteiger partial charge in [0.2, 0.25) is 0 Å². The van der Waals surface area contributed by atoms with Gasteiger partial charge in [-0.3, -0.25) is 14.8 Å². The van der Waals surface area contributed by atoms with Crippen molar-refractivity contribution in [2.45, 2.75) is 24.9 Å². The molecular formula is C16H12F7N3O. The predicted molar refractivity (Wildman–Crippen MR) is 80.7 cm³/mol. The Balaban J connectivity index is 2.33. The lowest BCUT2D eigenvalue weighted by Gasteiger charge is -2.27. The molecule has 0 atom stereocenters. The van der Waals surface area contributed by atoms with Crippen LogP contribution in [0.3, 0.4) is 0 Å². The highest BCUT2D eigenvalue weighted by molar-refractivity contribution is 6.05. The van der Waals surface area contributed by atoms with Gasteiger partial charge in [0.05, 0.1) is 17.4 Å². The van der Waals surface area contributed by atoms with Crippen LogP contribution < -0.4 is 4.90 Å². The van der Waals surface area contributed by atoms with Crippen molar-refractivity contribution in [3.63, 3.8) is 0 Å². The largest absolute Gasteiger partial charge is 0.460 e. The van der Waals surface area contributed by atoms with Gasteiger partial charge in [0, 0.05) is 18.9 Å². The Morgan fingerprint density at radius 2 is 1.70 bits per heavy atom. The normalized spacial score (nSPS) is 12.7. The molecule has 0 saturated heterocycles. The average molecular weight is 395 g/mol. The standard InChI is InChI=1S/C16H12F7N3O/c1-2-26(11-4-3-7-24-9-11)13(27)10-5-6-12(25-8-10)14(17,18)15(19,20)16(21,22)23/h3-9H,2H2,1H3. The van der Waals surface area contributed by atoms with Gasteiger partial charge >= 0.3 is 18.0 Å². The van der Waals surface area contributed by atoms with E-state index < -0.39 is 29.6 Å². The molecule has 0 aliphatic carbocycles. The number of hydrogen-bond acceptors (Lipinski definition) is 3. The number of alkyl halides is 7. The van der Waals surface area contributed by atoms with E-state index in [2.05, 4.69) is 9.97 Å². The third-order valence-corrected chi connectivity index (χ3v) is 3.60. The number of pyridine rings is 2. The first-order chi connectivity index (χ1) is 12.4. The molecule has 146 valence electrons. The van der Waals surface area contributed by atoms with E-state index in [1.807, 2.05) is 0 Å². The van der Waals surface area contributed by atoms with Crippen LogP contribution in [0.25, 0.3) is 0 Å². The van der Waals surface area contributed by atoms with Crippen LogP contribution >= 0.6 is 0 Å². The van der Waals surface area contributed by atoms with Crippen LogP contribution in [0.2, 0.25) is 0 Å². The topological polar surface area (TPSA) is 46.1 Å². The van der Waals surface area contributed by atoms with Crippen LogP contribution in [0.15, 0.2) is 42.9 Å². The van der Waals surface area contributed by atoms with E-state index in [0.717, 1.165) is 0 Å². The summed E-state index contributed by atoms with van der Waals surface area (Å²) < 4.78 is 90.1. The maximum absolute atomic E-state index is 13.6. The first-order valence-electron chi connectivity index (χ1n) is 7.44. The van der Waals surface area contributed by atoms with Gasteiger partial charge in [0.1, 0.15) is 5.69 Å². The van der Waals surface area contributed by atoms with Gasteiger partial charge in [-0.05, 0) is 31.2 Å². The minimum atomic E-state index is -6.47. The van der Waals surface area contributed by atoms with Crippen molar-refractivity contribution in [2.24, 2.45) is 0 Å². The first-order valence-corrected chi connectivity index (χ1v) is 7.44. The lowest BCUT2D eigenvalue weighted by molar-refractivity contribution is -0.360. The van der Waals surface area contributed by atoms with E-state index in [0.29, 0.717) is 18.0 Å². The summed E-state index contributed by atoms with van der Waals surface area (Å²) in [6.45, 7) is 1.78. The number of carbonyl (C=O) groups excluding carboxylic acids is 1. The number of halogens is 7. The van der Waals surface area contributed by atoms with E-state index in [-0.39, 0.29) is 18.2 Å².